The Morgan fingerprint density at radius 1 is 1.20 bits per heavy atom. The first-order valence-corrected chi connectivity index (χ1v) is 11.0. The molecule has 0 saturated heterocycles. The third-order valence-corrected chi connectivity index (χ3v) is 5.14. The molecule has 0 aliphatic carbocycles. The number of carbonyl (C=O) groups is 2. The maximum Gasteiger partial charge on any atom is 0.266 e. The second kappa shape index (κ2) is 11.1. The number of aldehydes is 1. The molecule has 0 spiro atoms. The van der Waals surface area contributed by atoms with Gasteiger partial charge in [0.1, 0.15) is 12.1 Å². The number of amides is 1. The maximum atomic E-state index is 12.9. The van der Waals surface area contributed by atoms with Crippen LogP contribution in [0.1, 0.15) is 28.2 Å². The fraction of sp³-hybridized carbons (Fsp3) is 0.174. The van der Waals surface area contributed by atoms with Crippen LogP contribution in [0.4, 0.5) is 0 Å². The van der Waals surface area contributed by atoms with Crippen LogP contribution in [0.15, 0.2) is 60.9 Å². The molecule has 3 N–H and O–H groups in total. The minimum absolute atomic E-state index is 0.286. The van der Waals surface area contributed by atoms with Gasteiger partial charge in [-0.3, -0.25) is 10.2 Å². The normalized spacial score (nSPS) is 12.0. The number of hydrazine groups is 1. The second-order valence-electron chi connectivity index (χ2n) is 6.60. The summed E-state index contributed by atoms with van der Waals surface area (Å²) in [5.41, 5.74) is 8.73. The van der Waals surface area contributed by atoms with Crippen LogP contribution in [0.25, 0.3) is 23.3 Å². The molecule has 154 valence electrons. The number of rotatable bonds is 10. The standard InChI is InChI=1S/C23H24N4O2S/c1-30-14-11-19(16-28)26-27-23(29)20-9-7-17(8-10-22-24-12-13-25-22)15-21(20)18-5-3-2-4-6-18/h2-10,12-13,15-16,19,26H,11,14H2,1H3,(H,24,25)(H,27,29)/b10-8+/t19-/m1/s1. The lowest BCUT2D eigenvalue weighted by Gasteiger charge is -2.15. The third-order valence-electron chi connectivity index (χ3n) is 4.49. The van der Waals surface area contributed by atoms with Gasteiger partial charge < -0.3 is 9.78 Å². The van der Waals surface area contributed by atoms with Crippen LogP contribution in [0.5, 0.6) is 0 Å². The highest BCUT2D eigenvalue weighted by Gasteiger charge is 2.15. The average molecular weight is 421 g/mol. The number of nitrogens with zero attached hydrogens (tertiary/aromatic N) is 1. The number of aromatic amines is 1. The average Bonchev–Trinajstić information content (AvgIpc) is 3.32. The molecule has 0 bridgehead atoms. The Morgan fingerprint density at radius 3 is 2.73 bits per heavy atom. The highest BCUT2D eigenvalue weighted by atomic mass is 32.2. The fourth-order valence-corrected chi connectivity index (χ4v) is 3.40. The van der Waals surface area contributed by atoms with Crippen LogP contribution in [-0.2, 0) is 4.79 Å². The molecule has 1 amide bonds. The molecule has 3 aromatic rings. The summed E-state index contributed by atoms with van der Waals surface area (Å²) in [4.78, 5) is 31.3. The minimum Gasteiger partial charge on any atom is -0.345 e. The quantitative estimate of drug-likeness (QED) is 0.343. The first kappa shape index (κ1) is 21.5. The zero-order valence-corrected chi connectivity index (χ0v) is 17.5. The van der Waals surface area contributed by atoms with Crippen molar-refractivity contribution in [1.29, 1.82) is 0 Å². The van der Waals surface area contributed by atoms with Crippen molar-refractivity contribution in [3.05, 3.63) is 77.9 Å². The molecular weight excluding hydrogens is 396 g/mol. The van der Waals surface area contributed by atoms with E-state index >= 15 is 0 Å². The van der Waals surface area contributed by atoms with Crippen molar-refractivity contribution in [1.82, 2.24) is 20.8 Å². The van der Waals surface area contributed by atoms with E-state index in [2.05, 4.69) is 20.8 Å². The lowest BCUT2D eigenvalue weighted by Crippen LogP contribution is -2.45. The van der Waals surface area contributed by atoms with Crippen LogP contribution in [-0.4, -0.2) is 40.2 Å². The van der Waals surface area contributed by atoms with E-state index in [0.29, 0.717) is 12.0 Å². The van der Waals surface area contributed by atoms with Gasteiger partial charge in [-0.25, -0.2) is 10.4 Å². The number of hydrogen-bond donors (Lipinski definition) is 3. The number of imidazole rings is 1. The highest BCUT2D eigenvalue weighted by Crippen LogP contribution is 2.26. The predicted molar refractivity (Wildman–Crippen MR) is 123 cm³/mol. The second-order valence-corrected chi connectivity index (χ2v) is 7.59. The zero-order valence-electron chi connectivity index (χ0n) is 16.7. The molecule has 0 fully saturated rings. The smallest absolute Gasteiger partial charge is 0.266 e. The lowest BCUT2D eigenvalue weighted by molar-refractivity contribution is -0.109. The molecule has 0 radical (unpaired) electrons. The van der Waals surface area contributed by atoms with Crippen molar-refractivity contribution < 1.29 is 9.59 Å². The molecule has 1 aromatic heterocycles. The molecule has 1 atom stereocenters. The molecule has 0 aliphatic rings. The van der Waals surface area contributed by atoms with Gasteiger partial charge in [0, 0.05) is 18.0 Å². The van der Waals surface area contributed by atoms with Crippen molar-refractivity contribution >= 4 is 36.1 Å². The molecule has 0 unspecified atom stereocenters. The third kappa shape index (κ3) is 5.92. The first-order valence-electron chi connectivity index (χ1n) is 9.58. The van der Waals surface area contributed by atoms with Crippen LogP contribution < -0.4 is 10.9 Å². The number of benzene rings is 2. The molecule has 1 heterocycles. The molecule has 6 nitrogen and oxygen atoms in total. The lowest BCUT2D eigenvalue weighted by atomic mass is 9.96. The summed E-state index contributed by atoms with van der Waals surface area (Å²) < 4.78 is 0. The largest absolute Gasteiger partial charge is 0.345 e. The molecule has 3 rings (SSSR count). The summed E-state index contributed by atoms with van der Waals surface area (Å²) in [6.07, 6.45) is 10.7. The van der Waals surface area contributed by atoms with Gasteiger partial charge in [0.2, 0.25) is 0 Å². The Morgan fingerprint density at radius 2 is 2.03 bits per heavy atom. The molecule has 30 heavy (non-hydrogen) atoms. The van der Waals surface area contributed by atoms with Gasteiger partial charge in [-0.05, 0) is 53.3 Å². The summed E-state index contributed by atoms with van der Waals surface area (Å²) in [6, 6.07) is 15.0. The van der Waals surface area contributed by atoms with Crippen molar-refractivity contribution in [2.45, 2.75) is 12.5 Å². The van der Waals surface area contributed by atoms with Crippen LogP contribution in [0.2, 0.25) is 0 Å². The summed E-state index contributed by atoms with van der Waals surface area (Å²) in [7, 11) is 0. The van der Waals surface area contributed by atoms with Gasteiger partial charge in [-0.2, -0.15) is 11.8 Å². The van der Waals surface area contributed by atoms with E-state index in [1.54, 1.807) is 30.2 Å². The van der Waals surface area contributed by atoms with E-state index in [4.69, 9.17) is 0 Å². The zero-order chi connectivity index (χ0) is 21.2. The van der Waals surface area contributed by atoms with E-state index in [0.717, 1.165) is 34.6 Å². The Kier molecular flexibility index (Phi) is 8.00. The van der Waals surface area contributed by atoms with E-state index in [-0.39, 0.29) is 5.91 Å². The summed E-state index contributed by atoms with van der Waals surface area (Å²) in [5, 5.41) is 0. The summed E-state index contributed by atoms with van der Waals surface area (Å²) in [6.45, 7) is 0. The number of nitrogens with one attached hydrogen (secondary N) is 3. The van der Waals surface area contributed by atoms with E-state index in [9.17, 15) is 9.59 Å². The van der Waals surface area contributed by atoms with E-state index < -0.39 is 6.04 Å². The number of aromatic nitrogens is 2. The van der Waals surface area contributed by atoms with E-state index in [1.807, 2.05) is 60.9 Å². The Hall–Kier alpha value is -3.16. The molecule has 0 aliphatic heterocycles. The summed E-state index contributed by atoms with van der Waals surface area (Å²) in [5.74, 6) is 1.30. The van der Waals surface area contributed by atoms with Gasteiger partial charge in [0.15, 0.2) is 0 Å². The van der Waals surface area contributed by atoms with Crippen molar-refractivity contribution in [3.8, 4) is 11.1 Å². The van der Waals surface area contributed by atoms with Gasteiger partial charge in [0.25, 0.3) is 5.91 Å². The minimum atomic E-state index is -0.419. The molecule has 0 saturated carbocycles. The van der Waals surface area contributed by atoms with Gasteiger partial charge in [0.05, 0.1) is 6.04 Å². The van der Waals surface area contributed by atoms with Gasteiger partial charge in [-0.1, -0.05) is 42.5 Å². The van der Waals surface area contributed by atoms with Crippen molar-refractivity contribution in [2.24, 2.45) is 0 Å². The Labute approximate surface area is 180 Å². The number of carbonyl (C=O) groups excluding carboxylic acids is 2. The van der Waals surface area contributed by atoms with Crippen LogP contribution >= 0.6 is 11.8 Å². The first-order chi connectivity index (χ1) is 14.7. The number of hydrogen-bond acceptors (Lipinski definition) is 5. The number of H-pyrrole nitrogens is 1. The van der Waals surface area contributed by atoms with Crippen LogP contribution in [0.3, 0.4) is 0 Å². The summed E-state index contributed by atoms with van der Waals surface area (Å²) >= 11 is 1.66. The molecule has 7 heteroatoms. The van der Waals surface area contributed by atoms with Crippen molar-refractivity contribution in [2.75, 3.05) is 12.0 Å². The maximum absolute atomic E-state index is 12.9. The highest BCUT2D eigenvalue weighted by molar-refractivity contribution is 7.98. The molecular formula is C23H24N4O2S. The SMILES string of the molecule is CSCC[C@H](C=O)NNC(=O)c1ccc(/C=C/c2ncc[nH]2)cc1-c1ccccc1. The Bertz CT molecular complexity index is 988. The number of thioether (sulfide) groups is 1. The van der Waals surface area contributed by atoms with E-state index in [1.165, 1.54) is 0 Å². The van der Waals surface area contributed by atoms with Gasteiger partial charge >= 0.3 is 0 Å². The topological polar surface area (TPSA) is 86.9 Å². The Balaban J connectivity index is 1.83. The monoisotopic (exact) mass is 420 g/mol. The fourth-order valence-electron chi connectivity index (χ4n) is 2.91. The molecule has 2 aromatic carbocycles. The van der Waals surface area contributed by atoms with Crippen LogP contribution in [0, 0.1) is 0 Å². The predicted octanol–water partition coefficient (Wildman–Crippen LogP) is 3.80. The van der Waals surface area contributed by atoms with Gasteiger partial charge in [-0.15, -0.1) is 0 Å². The van der Waals surface area contributed by atoms with Crippen molar-refractivity contribution in [3.63, 3.8) is 0 Å².